The molecule has 10 heteroatoms. The Labute approximate surface area is 173 Å². The minimum absolute atomic E-state index is 0.00706. The van der Waals surface area contributed by atoms with Crippen molar-refractivity contribution in [3.63, 3.8) is 0 Å². The number of nitro groups is 1. The van der Waals surface area contributed by atoms with E-state index in [1.165, 1.54) is 0 Å². The van der Waals surface area contributed by atoms with Gasteiger partial charge in [-0.25, -0.2) is 4.79 Å². The number of rotatable bonds is 2. The molecule has 1 aliphatic rings. The Morgan fingerprint density at radius 1 is 1.33 bits per heavy atom. The zero-order valence-electron chi connectivity index (χ0n) is 16.6. The van der Waals surface area contributed by atoms with Crippen molar-refractivity contribution in [2.45, 2.75) is 32.7 Å². The Balaban J connectivity index is 2.14. The second-order valence-electron chi connectivity index (χ2n) is 6.59. The summed E-state index contributed by atoms with van der Waals surface area (Å²) in [6.45, 7) is 2.05. The van der Waals surface area contributed by atoms with Crippen molar-refractivity contribution in [1.29, 1.82) is 0 Å². The number of amides is 1. The zero-order chi connectivity index (χ0) is 21.5. The van der Waals surface area contributed by atoms with Gasteiger partial charge in [-0.15, -0.1) is 0 Å². The SMILES string of the molecule is CCOC(=O)N1Cc2cccc(c2)CC=CCCCOc2nc(N)c([N+](=O)[O-])c1n2. The quantitative estimate of drug-likeness (QED) is 0.450. The van der Waals surface area contributed by atoms with Crippen LogP contribution in [0, 0.1) is 10.1 Å². The number of anilines is 2. The number of ether oxygens (including phenoxy) is 2. The molecule has 1 aliphatic heterocycles. The van der Waals surface area contributed by atoms with Crippen molar-refractivity contribution >= 4 is 23.4 Å². The first-order valence-electron chi connectivity index (χ1n) is 9.61. The Bertz CT molecular complexity index is 963. The van der Waals surface area contributed by atoms with E-state index < -0.39 is 16.7 Å². The predicted molar refractivity (Wildman–Crippen MR) is 110 cm³/mol. The largest absolute Gasteiger partial charge is 0.463 e. The third kappa shape index (κ3) is 5.02. The molecule has 1 amide bonds. The van der Waals surface area contributed by atoms with Gasteiger partial charge in [-0.2, -0.15) is 9.97 Å². The summed E-state index contributed by atoms with van der Waals surface area (Å²) in [7, 11) is 0. The van der Waals surface area contributed by atoms with Gasteiger partial charge in [-0.05, 0) is 37.3 Å². The maximum Gasteiger partial charge on any atom is 0.415 e. The lowest BCUT2D eigenvalue weighted by Crippen LogP contribution is -2.33. The number of nitrogen functional groups attached to an aromatic ring is 1. The molecule has 0 radical (unpaired) electrons. The monoisotopic (exact) mass is 413 g/mol. The number of allylic oxidation sites excluding steroid dienone is 2. The zero-order valence-corrected chi connectivity index (χ0v) is 16.6. The number of benzene rings is 1. The van der Waals surface area contributed by atoms with Crippen LogP contribution in [0.3, 0.4) is 0 Å². The highest BCUT2D eigenvalue weighted by molar-refractivity contribution is 5.90. The summed E-state index contributed by atoms with van der Waals surface area (Å²) in [4.78, 5) is 32.8. The fourth-order valence-electron chi connectivity index (χ4n) is 3.03. The number of carbonyl (C=O) groups is 1. The summed E-state index contributed by atoms with van der Waals surface area (Å²) >= 11 is 0. The van der Waals surface area contributed by atoms with Crippen LogP contribution in [-0.2, 0) is 17.7 Å². The van der Waals surface area contributed by atoms with Crippen molar-refractivity contribution in [3.05, 3.63) is 57.7 Å². The molecular weight excluding hydrogens is 390 g/mol. The smallest absolute Gasteiger partial charge is 0.415 e. The Kier molecular flexibility index (Phi) is 6.79. The molecule has 0 saturated carbocycles. The van der Waals surface area contributed by atoms with Gasteiger partial charge in [-0.3, -0.25) is 15.0 Å². The third-order valence-electron chi connectivity index (χ3n) is 4.40. The first-order chi connectivity index (χ1) is 14.5. The normalized spacial score (nSPS) is 14.2. The van der Waals surface area contributed by atoms with Gasteiger partial charge in [0.1, 0.15) is 0 Å². The molecule has 0 fully saturated rings. The van der Waals surface area contributed by atoms with E-state index in [1.54, 1.807) is 6.92 Å². The molecule has 2 aromatic rings. The number of hydrogen-bond donors (Lipinski definition) is 1. The minimum Gasteiger partial charge on any atom is -0.463 e. The topological polar surface area (TPSA) is 134 Å². The summed E-state index contributed by atoms with van der Waals surface area (Å²) in [6, 6.07) is 7.48. The molecule has 1 aromatic carbocycles. The van der Waals surface area contributed by atoms with Gasteiger partial charge >= 0.3 is 17.8 Å². The van der Waals surface area contributed by atoms with E-state index >= 15 is 0 Å². The number of hydrogen-bond acceptors (Lipinski definition) is 8. The standard InChI is InChI=1S/C20H23N5O5/c1-2-29-20(26)24-13-15-10-7-9-14(12-15)8-5-3-4-6-11-30-19-22-17(21)16(25(27)28)18(24)23-19/h3,5,7,9-10,12H,2,4,6,8,11,13H2,1H3,(H2,21,22,23). The van der Waals surface area contributed by atoms with Gasteiger partial charge in [-0.1, -0.05) is 36.4 Å². The predicted octanol–water partition coefficient (Wildman–Crippen LogP) is 3.40. The summed E-state index contributed by atoms with van der Waals surface area (Å²) in [5.74, 6) is -0.647. The first kappa shape index (κ1) is 21.0. The molecule has 0 unspecified atom stereocenters. The van der Waals surface area contributed by atoms with Crippen molar-refractivity contribution in [1.82, 2.24) is 9.97 Å². The lowest BCUT2D eigenvalue weighted by atomic mass is 10.1. The van der Waals surface area contributed by atoms with E-state index in [1.807, 2.05) is 24.3 Å². The molecule has 0 saturated heterocycles. The summed E-state index contributed by atoms with van der Waals surface area (Å²) in [5.41, 5.74) is 7.07. The summed E-state index contributed by atoms with van der Waals surface area (Å²) < 4.78 is 10.7. The van der Waals surface area contributed by atoms with Crippen LogP contribution in [0.15, 0.2) is 36.4 Å². The average Bonchev–Trinajstić information content (AvgIpc) is 2.70. The highest BCUT2D eigenvalue weighted by Gasteiger charge is 2.32. The van der Waals surface area contributed by atoms with Gasteiger partial charge in [0.05, 0.1) is 24.7 Å². The molecule has 0 spiro atoms. The van der Waals surface area contributed by atoms with Gasteiger partial charge in [0.25, 0.3) is 0 Å². The fourth-order valence-corrected chi connectivity index (χ4v) is 3.03. The molecule has 10 nitrogen and oxygen atoms in total. The van der Waals surface area contributed by atoms with E-state index in [-0.39, 0.29) is 30.8 Å². The van der Waals surface area contributed by atoms with Crippen LogP contribution >= 0.6 is 0 Å². The molecule has 0 aliphatic carbocycles. The molecule has 4 bridgehead atoms. The molecule has 1 aromatic heterocycles. The molecule has 158 valence electrons. The van der Waals surface area contributed by atoms with E-state index in [0.29, 0.717) is 13.0 Å². The van der Waals surface area contributed by atoms with Crippen LogP contribution in [0.4, 0.5) is 22.1 Å². The van der Waals surface area contributed by atoms with Crippen molar-refractivity contribution in [2.75, 3.05) is 23.8 Å². The van der Waals surface area contributed by atoms with Crippen molar-refractivity contribution < 1.29 is 19.2 Å². The number of aromatic nitrogens is 2. The lowest BCUT2D eigenvalue weighted by molar-refractivity contribution is -0.383. The van der Waals surface area contributed by atoms with Gasteiger partial charge in [0.15, 0.2) is 0 Å². The highest BCUT2D eigenvalue weighted by Crippen LogP contribution is 2.34. The third-order valence-corrected chi connectivity index (χ3v) is 4.40. The van der Waals surface area contributed by atoms with Crippen molar-refractivity contribution in [3.8, 4) is 6.01 Å². The van der Waals surface area contributed by atoms with E-state index in [2.05, 4.69) is 22.1 Å². The summed E-state index contributed by atoms with van der Waals surface area (Å²) in [6.07, 6.45) is 5.59. The van der Waals surface area contributed by atoms with Crippen molar-refractivity contribution in [2.24, 2.45) is 0 Å². The molecule has 2 N–H and O–H groups in total. The van der Waals surface area contributed by atoms with E-state index in [4.69, 9.17) is 15.2 Å². The van der Waals surface area contributed by atoms with Crippen LogP contribution < -0.4 is 15.4 Å². The lowest BCUT2D eigenvalue weighted by Gasteiger charge is -2.21. The first-order valence-corrected chi connectivity index (χ1v) is 9.61. The van der Waals surface area contributed by atoms with Crippen LogP contribution in [0.25, 0.3) is 0 Å². The highest BCUT2D eigenvalue weighted by atomic mass is 16.6. The van der Waals surface area contributed by atoms with Crippen LogP contribution in [0.2, 0.25) is 0 Å². The van der Waals surface area contributed by atoms with Crippen LogP contribution in [0.5, 0.6) is 6.01 Å². The molecular formula is C20H23N5O5. The molecule has 3 rings (SSSR count). The second kappa shape index (κ2) is 9.68. The maximum atomic E-state index is 12.7. The van der Waals surface area contributed by atoms with Crippen LogP contribution in [0.1, 0.15) is 30.9 Å². The molecule has 2 heterocycles. The molecule has 30 heavy (non-hydrogen) atoms. The van der Waals surface area contributed by atoms with Crippen LogP contribution in [-0.4, -0.2) is 34.2 Å². The summed E-state index contributed by atoms with van der Waals surface area (Å²) in [5, 5.41) is 11.7. The Morgan fingerprint density at radius 2 is 2.13 bits per heavy atom. The second-order valence-corrected chi connectivity index (χ2v) is 6.59. The van der Waals surface area contributed by atoms with E-state index in [0.717, 1.165) is 28.9 Å². The Morgan fingerprint density at radius 3 is 2.90 bits per heavy atom. The number of fused-ring (bicyclic) bond motifs is 4. The minimum atomic E-state index is -0.778. The number of nitrogens with zero attached hydrogens (tertiary/aromatic N) is 4. The van der Waals surface area contributed by atoms with Gasteiger partial charge < -0.3 is 15.2 Å². The van der Waals surface area contributed by atoms with E-state index in [9.17, 15) is 14.9 Å². The maximum absolute atomic E-state index is 12.7. The Hall–Kier alpha value is -3.69. The molecule has 0 atom stereocenters. The average molecular weight is 413 g/mol. The fraction of sp³-hybridized carbons (Fsp3) is 0.350. The number of carbonyl (C=O) groups excluding carboxylic acids is 1. The van der Waals surface area contributed by atoms with Gasteiger partial charge in [0, 0.05) is 0 Å². The van der Waals surface area contributed by atoms with Gasteiger partial charge in [0.2, 0.25) is 11.6 Å². The number of nitrogens with two attached hydrogens (primary N) is 1.